The highest BCUT2D eigenvalue weighted by atomic mass is 32.2. The smallest absolute Gasteiger partial charge is 0.168 e. The van der Waals surface area contributed by atoms with Crippen molar-refractivity contribution in [3.63, 3.8) is 0 Å². The fourth-order valence-electron chi connectivity index (χ4n) is 1.20. The Labute approximate surface area is 81.0 Å². The Balaban J connectivity index is 2.45. The molecule has 3 nitrogen and oxygen atoms in total. The average Bonchev–Trinajstić information content (AvgIpc) is 2.29. The molecule has 1 rings (SSSR count). The number of nitrogens with zero attached hydrogens (tertiary/aromatic N) is 1. The van der Waals surface area contributed by atoms with Crippen LogP contribution in [0.4, 0.5) is 0 Å². The fraction of sp³-hybridized carbons (Fsp3) is 0.857. The van der Waals surface area contributed by atoms with Gasteiger partial charge in [-0.15, -0.1) is 0 Å². The molecule has 70 valence electrons. The molecule has 5 heteroatoms. The van der Waals surface area contributed by atoms with Gasteiger partial charge in [0.25, 0.3) is 0 Å². The third kappa shape index (κ3) is 2.71. The first-order chi connectivity index (χ1) is 5.74. The molecule has 1 heterocycles. The van der Waals surface area contributed by atoms with Crippen LogP contribution in [-0.2, 0) is 10.8 Å². The van der Waals surface area contributed by atoms with Gasteiger partial charge in [0.2, 0.25) is 0 Å². The standard InChI is InChI=1S/C7H14N2OS2/c1-8-7(11)9-3-2-5-12(10)6-4-9/h2-6H2,1H3,(H,8,11). The van der Waals surface area contributed by atoms with Gasteiger partial charge in [0.05, 0.1) is 0 Å². The van der Waals surface area contributed by atoms with Gasteiger partial charge in [-0.2, -0.15) is 0 Å². The summed E-state index contributed by atoms with van der Waals surface area (Å²) < 4.78 is 11.2. The number of rotatable bonds is 0. The lowest BCUT2D eigenvalue weighted by molar-refractivity contribution is 0.446. The summed E-state index contributed by atoms with van der Waals surface area (Å²) in [5.41, 5.74) is 0. The molecule has 0 saturated carbocycles. The maximum atomic E-state index is 11.2. The molecule has 1 unspecified atom stereocenters. The molecule has 0 spiro atoms. The van der Waals surface area contributed by atoms with E-state index >= 15 is 0 Å². The molecule has 1 aliphatic heterocycles. The van der Waals surface area contributed by atoms with Gasteiger partial charge in [-0.25, -0.2) is 0 Å². The van der Waals surface area contributed by atoms with Crippen LogP contribution in [0, 0.1) is 0 Å². The summed E-state index contributed by atoms with van der Waals surface area (Å²) in [7, 11) is 1.20. The lowest BCUT2D eigenvalue weighted by Gasteiger charge is -2.21. The number of thiocarbonyl (C=S) groups is 1. The highest BCUT2D eigenvalue weighted by Crippen LogP contribution is 2.01. The Kier molecular flexibility index (Phi) is 3.94. The van der Waals surface area contributed by atoms with E-state index < -0.39 is 10.8 Å². The molecule has 1 N–H and O–H groups in total. The minimum Gasteiger partial charge on any atom is -0.366 e. The van der Waals surface area contributed by atoms with Gasteiger partial charge in [-0.1, -0.05) is 0 Å². The third-order valence-corrected chi connectivity index (χ3v) is 3.73. The van der Waals surface area contributed by atoms with E-state index in [0.29, 0.717) is 0 Å². The van der Waals surface area contributed by atoms with Crippen LogP contribution in [-0.4, -0.2) is 45.9 Å². The Morgan fingerprint density at radius 3 is 2.92 bits per heavy atom. The van der Waals surface area contributed by atoms with E-state index in [-0.39, 0.29) is 0 Å². The molecule has 1 aliphatic rings. The lowest BCUT2D eigenvalue weighted by Crippen LogP contribution is -2.39. The van der Waals surface area contributed by atoms with Crippen LogP contribution in [0.3, 0.4) is 0 Å². The van der Waals surface area contributed by atoms with Crippen molar-refractivity contribution in [3.8, 4) is 0 Å². The summed E-state index contributed by atoms with van der Waals surface area (Å²) in [4.78, 5) is 2.08. The Morgan fingerprint density at radius 1 is 1.50 bits per heavy atom. The zero-order valence-corrected chi connectivity index (χ0v) is 8.84. The zero-order chi connectivity index (χ0) is 8.97. The van der Waals surface area contributed by atoms with E-state index in [2.05, 4.69) is 10.2 Å². The molecule has 0 amide bonds. The van der Waals surface area contributed by atoms with E-state index in [4.69, 9.17) is 12.2 Å². The molecule has 0 aromatic carbocycles. The Morgan fingerprint density at radius 2 is 2.25 bits per heavy atom. The third-order valence-electron chi connectivity index (χ3n) is 1.89. The van der Waals surface area contributed by atoms with E-state index in [9.17, 15) is 4.21 Å². The van der Waals surface area contributed by atoms with Crippen LogP contribution in [0.15, 0.2) is 0 Å². The van der Waals surface area contributed by atoms with Gasteiger partial charge in [0.1, 0.15) is 0 Å². The van der Waals surface area contributed by atoms with Gasteiger partial charge < -0.3 is 10.2 Å². The molecule has 12 heavy (non-hydrogen) atoms. The molecule has 0 aliphatic carbocycles. The molecule has 1 atom stereocenters. The summed E-state index contributed by atoms with van der Waals surface area (Å²) in [6.07, 6.45) is 0.981. The molecule has 0 bridgehead atoms. The van der Waals surface area contributed by atoms with Crippen molar-refractivity contribution in [2.24, 2.45) is 0 Å². The molecule has 1 saturated heterocycles. The van der Waals surface area contributed by atoms with Gasteiger partial charge in [0, 0.05) is 42.4 Å². The molecule has 1 fully saturated rings. The lowest BCUT2D eigenvalue weighted by atomic mass is 10.4. The molecule has 0 radical (unpaired) electrons. The van der Waals surface area contributed by atoms with E-state index in [1.807, 2.05) is 7.05 Å². The predicted molar refractivity (Wildman–Crippen MR) is 55.7 cm³/mol. The number of hydrogen-bond acceptors (Lipinski definition) is 2. The van der Waals surface area contributed by atoms with Gasteiger partial charge in [0.15, 0.2) is 5.11 Å². The van der Waals surface area contributed by atoms with Crippen molar-refractivity contribution in [2.75, 3.05) is 31.6 Å². The SMILES string of the molecule is CNC(=S)N1CCCS(=O)CC1. The average molecular weight is 206 g/mol. The second kappa shape index (κ2) is 4.77. The first-order valence-corrected chi connectivity index (χ1v) is 5.95. The minimum atomic E-state index is -0.626. The maximum Gasteiger partial charge on any atom is 0.168 e. The van der Waals surface area contributed by atoms with Crippen LogP contribution < -0.4 is 5.32 Å². The van der Waals surface area contributed by atoms with E-state index in [1.165, 1.54) is 0 Å². The first-order valence-electron chi connectivity index (χ1n) is 4.05. The van der Waals surface area contributed by atoms with Crippen molar-refractivity contribution in [1.82, 2.24) is 10.2 Å². The van der Waals surface area contributed by atoms with Crippen LogP contribution in [0.25, 0.3) is 0 Å². The summed E-state index contributed by atoms with van der Waals surface area (Å²) in [6, 6.07) is 0. The van der Waals surface area contributed by atoms with Crippen LogP contribution in [0.1, 0.15) is 6.42 Å². The summed E-state index contributed by atoms with van der Waals surface area (Å²) in [6.45, 7) is 1.76. The normalized spacial score (nSPS) is 24.8. The molecular weight excluding hydrogens is 192 g/mol. The second-order valence-corrected chi connectivity index (χ2v) is 4.83. The van der Waals surface area contributed by atoms with Gasteiger partial charge in [-0.05, 0) is 18.6 Å². The first kappa shape index (κ1) is 9.92. The minimum absolute atomic E-state index is 0.626. The van der Waals surface area contributed by atoms with Crippen molar-refractivity contribution in [3.05, 3.63) is 0 Å². The van der Waals surface area contributed by atoms with Crippen LogP contribution in [0.5, 0.6) is 0 Å². The second-order valence-electron chi connectivity index (χ2n) is 2.74. The van der Waals surface area contributed by atoms with Crippen molar-refractivity contribution < 1.29 is 4.21 Å². The Hall–Kier alpha value is -0.160. The van der Waals surface area contributed by atoms with E-state index in [1.54, 1.807) is 0 Å². The predicted octanol–water partition coefficient (Wildman–Crippen LogP) is -0.0549. The molecular formula is C7H14N2OS2. The molecule has 0 aromatic heterocycles. The highest BCUT2D eigenvalue weighted by molar-refractivity contribution is 7.85. The zero-order valence-electron chi connectivity index (χ0n) is 7.21. The molecule has 0 aromatic rings. The summed E-state index contributed by atoms with van der Waals surface area (Å²) in [5, 5.41) is 3.71. The summed E-state index contributed by atoms with van der Waals surface area (Å²) in [5.74, 6) is 1.57. The van der Waals surface area contributed by atoms with Gasteiger partial charge in [-0.3, -0.25) is 4.21 Å². The largest absolute Gasteiger partial charge is 0.366 e. The number of nitrogens with one attached hydrogen (secondary N) is 1. The van der Waals surface area contributed by atoms with Crippen molar-refractivity contribution in [2.45, 2.75) is 6.42 Å². The van der Waals surface area contributed by atoms with Crippen LogP contribution in [0.2, 0.25) is 0 Å². The van der Waals surface area contributed by atoms with Crippen molar-refractivity contribution >= 4 is 28.1 Å². The fourth-order valence-corrected chi connectivity index (χ4v) is 2.47. The monoisotopic (exact) mass is 206 g/mol. The highest BCUT2D eigenvalue weighted by Gasteiger charge is 2.13. The quantitative estimate of drug-likeness (QED) is 0.563. The van der Waals surface area contributed by atoms with Gasteiger partial charge >= 0.3 is 0 Å². The number of hydrogen-bond donors (Lipinski definition) is 1. The summed E-state index contributed by atoms with van der Waals surface area (Å²) >= 11 is 5.09. The Bertz CT molecular complexity index is 196. The van der Waals surface area contributed by atoms with Crippen LogP contribution >= 0.6 is 12.2 Å². The topological polar surface area (TPSA) is 32.3 Å². The van der Waals surface area contributed by atoms with E-state index in [0.717, 1.165) is 36.1 Å². The maximum absolute atomic E-state index is 11.2. The van der Waals surface area contributed by atoms with Crippen molar-refractivity contribution in [1.29, 1.82) is 0 Å².